The number of hydrogen-bond donors (Lipinski definition) is 1. The first kappa shape index (κ1) is 27.5. The zero-order valence-electron chi connectivity index (χ0n) is 20.3. The fourth-order valence-corrected chi connectivity index (χ4v) is 4.29. The summed E-state index contributed by atoms with van der Waals surface area (Å²) >= 11 is 0. The second-order valence-corrected chi connectivity index (χ2v) is 8.33. The number of nitrogens with zero attached hydrogens (tertiary/aromatic N) is 2. The van der Waals surface area contributed by atoms with Crippen LogP contribution in [-0.2, 0) is 0 Å². The van der Waals surface area contributed by atoms with Crippen LogP contribution in [0.5, 0.6) is 0 Å². The minimum Gasteiger partial charge on any atom is -0.288 e. The molecule has 183 valence electrons. The molecule has 38 heavy (non-hydrogen) atoms. The first-order chi connectivity index (χ1) is 17.9. The van der Waals surface area contributed by atoms with Crippen molar-refractivity contribution in [3.8, 4) is 0 Å². The van der Waals surface area contributed by atoms with Crippen molar-refractivity contribution in [2.24, 2.45) is 0 Å². The van der Waals surface area contributed by atoms with Crippen molar-refractivity contribution in [1.29, 1.82) is 0 Å². The fourth-order valence-electron chi connectivity index (χ4n) is 4.29. The van der Waals surface area contributed by atoms with Crippen LogP contribution in [0.15, 0.2) is 84.9 Å². The summed E-state index contributed by atoms with van der Waals surface area (Å²) in [6.45, 7) is 0.186. The van der Waals surface area contributed by atoms with Gasteiger partial charge in [0.15, 0.2) is 0 Å². The third-order valence-corrected chi connectivity index (χ3v) is 6.14. The number of nitrogens with one attached hydrogen (secondary N) is 1. The van der Waals surface area contributed by atoms with E-state index in [-0.39, 0.29) is 99.9 Å². The van der Waals surface area contributed by atoms with Crippen molar-refractivity contribution in [1.82, 2.24) is 15.1 Å². The van der Waals surface area contributed by atoms with Gasteiger partial charge < -0.3 is 0 Å². The predicted molar refractivity (Wildman–Crippen MR) is 137 cm³/mol. The summed E-state index contributed by atoms with van der Waals surface area (Å²) in [6.07, 6.45) is 3.23. The van der Waals surface area contributed by atoms with E-state index >= 15 is 0 Å². The summed E-state index contributed by atoms with van der Waals surface area (Å²) in [5, 5.41) is 2.20. The molecule has 3 heterocycles. The third-order valence-electron chi connectivity index (χ3n) is 6.14. The van der Waals surface area contributed by atoms with Crippen LogP contribution >= 0.6 is 0 Å². The molecule has 0 aromatic heterocycles. The Hall–Kier alpha value is -3.54. The van der Waals surface area contributed by atoms with Crippen molar-refractivity contribution >= 4 is 86.8 Å². The van der Waals surface area contributed by atoms with Crippen LogP contribution in [0, 0.1) is 0 Å². The molecule has 10 heteroatoms. The zero-order valence-corrected chi connectivity index (χ0v) is 23.5. The summed E-state index contributed by atoms with van der Waals surface area (Å²) in [5.41, 5.74) is 2.52. The maximum absolute atomic E-state index is 12.3. The van der Waals surface area contributed by atoms with Crippen LogP contribution in [0.4, 0.5) is 0 Å². The molecule has 0 saturated carbocycles. The average molecular weight is 533 g/mol. The summed E-state index contributed by atoms with van der Waals surface area (Å²) in [4.78, 5) is 73.2. The number of carbonyl (C=O) groups excluding carboxylic acids is 6. The Bertz CT molecular complexity index is 1360. The van der Waals surface area contributed by atoms with E-state index in [1.54, 1.807) is 84.9 Å². The Labute approximate surface area is 259 Å². The average Bonchev–Trinajstić information content (AvgIpc) is 3.45. The van der Waals surface area contributed by atoms with Gasteiger partial charge in [-0.2, -0.15) is 0 Å². The molecule has 6 rings (SSSR count). The molecular formula is C28H19KN3O6. The summed E-state index contributed by atoms with van der Waals surface area (Å²) in [6, 6.07) is 20.1. The molecule has 0 atom stereocenters. The molecule has 1 N–H and O–H groups in total. The van der Waals surface area contributed by atoms with E-state index in [1.807, 2.05) is 0 Å². The molecule has 1 radical (unpaired) electrons. The number of fused-ring (bicyclic) bond motifs is 3. The Morgan fingerprint density at radius 3 is 1.03 bits per heavy atom. The molecule has 6 amide bonds. The van der Waals surface area contributed by atoms with Gasteiger partial charge in [0, 0.05) is 64.5 Å². The molecule has 0 fully saturated rings. The van der Waals surface area contributed by atoms with E-state index in [2.05, 4.69) is 5.32 Å². The first-order valence-corrected chi connectivity index (χ1v) is 11.4. The van der Waals surface area contributed by atoms with Crippen LogP contribution in [0.25, 0.3) is 0 Å². The normalized spacial score (nSPS) is 15.2. The van der Waals surface area contributed by atoms with E-state index in [4.69, 9.17) is 0 Å². The SMILES string of the molecule is O=C1NC(=O)c2ccccc21.O=C1c2ccccc2C(=O)N1CC=CCN1C(=O)c2ccccc2C1=O.[K]. The molecule has 0 bridgehead atoms. The number of benzene rings is 3. The Balaban J connectivity index is 0.000000235. The Kier molecular flexibility index (Phi) is 8.29. The van der Waals surface area contributed by atoms with Crippen LogP contribution < -0.4 is 5.32 Å². The molecule has 0 saturated heterocycles. The van der Waals surface area contributed by atoms with Crippen LogP contribution in [0.3, 0.4) is 0 Å². The van der Waals surface area contributed by atoms with Crippen molar-refractivity contribution in [2.45, 2.75) is 0 Å². The van der Waals surface area contributed by atoms with E-state index in [0.29, 0.717) is 33.4 Å². The molecule has 3 aliphatic rings. The summed E-state index contributed by atoms with van der Waals surface area (Å²) in [7, 11) is 0. The van der Waals surface area contributed by atoms with Gasteiger partial charge in [-0.1, -0.05) is 48.6 Å². The molecule has 3 aromatic rings. The van der Waals surface area contributed by atoms with Crippen molar-refractivity contribution < 1.29 is 28.8 Å². The number of carbonyl (C=O) groups is 6. The number of rotatable bonds is 4. The Morgan fingerprint density at radius 2 is 0.737 bits per heavy atom. The summed E-state index contributed by atoms with van der Waals surface area (Å²) < 4.78 is 0. The fraction of sp³-hybridized carbons (Fsp3) is 0.0714. The van der Waals surface area contributed by atoms with Gasteiger partial charge >= 0.3 is 0 Å². The minimum atomic E-state index is -0.337. The number of amides is 6. The van der Waals surface area contributed by atoms with Gasteiger partial charge in [-0.15, -0.1) is 0 Å². The van der Waals surface area contributed by atoms with Crippen molar-refractivity contribution in [3.63, 3.8) is 0 Å². The van der Waals surface area contributed by atoms with Crippen LogP contribution in [-0.4, -0.2) is 110 Å². The molecule has 0 aliphatic carbocycles. The van der Waals surface area contributed by atoms with Gasteiger partial charge in [-0.3, -0.25) is 43.9 Å². The molecule has 3 aromatic carbocycles. The molecule has 0 unspecified atom stereocenters. The zero-order chi connectivity index (χ0) is 26.1. The van der Waals surface area contributed by atoms with E-state index in [0.717, 1.165) is 9.80 Å². The first-order valence-electron chi connectivity index (χ1n) is 11.4. The molecular weight excluding hydrogens is 513 g/mol. The van der Waals surface area contributed by atoms with Gasteiger partial charge in [-0.25, -0.2) is 0 Å². The van der Waals surface area contributed by atoms with Crippen molar-refractivity contribution in [2.75, 3.05) is 13.1 Å². The largest absolute Gasteiger partial charge is 0.288 e. The maximum atomic E-state index is 12.3. The van der Waals surface area contributed by atoms with Gasteiger partial charge in [0.2, 0.25) is 0 Å². The number of hydrogen-bond acceptors (Lipinski definition) is 6. The molecule has 0 spiro atoms. The van der Waals surface area contributed by atoms with Gasteiger partial charge in [0.25, 0.3) is 35.4 Å². The third kappa shape index (κ3) is 4.96. The van der Waals surface area contributed by atoms with Gasteiger partial charge in [0.05, 0.1) is 33.4 Å². The van der Waals surface area contributed by atoms with E-state index in [9.17, 15) is 28.8 Å². The second-order valence-electron chi connectivity index (χ2n) is 8.33. The standard InChI is InChI=1S/C20H14N2O4.C8H5NO2.K/c23-17-13-7-1-2-8-14(13)18(24)21(17)11-5-6-12-22-19(25)15-9-3-4-10-16(15)20(22)26;10-7-5-3-1-2-4-6(5)8(11)9-7;/h1-10H,11-12H2;1-4H,(H,9,10,11);. The van der Waals surface area contributed by atoms with E-state index < -0.39 is 0 Å². The topological polar surface area (TPSA) is 121 Å². The summed E-state index contributed by atoms with van der Waals surface area (Å²) in [5.74, 6) is -1.95. The quantitative estimate of drug-likeness (QED) is 0.313. The van der Waals surface area contributed by atoms with Crippen molar-refractivity contribution in [3.05, 3.63) is 118 Å². The maximum Gasteiger partial charge on any atom is 0.261 e. The van der Waals surface area contributed by atoms with Gasteiger partial charge in [-0.05, 0) is 36.4 Å². The van der Waals surface area contributed by atoms with E-state index in [1.165, 1.54) is 0 Å². The van der Waals surface area contributed by atoms with Crippen LogP contribution in [0.1, 0.15) is 62.1 Å². The monoisotopic (exact) mass is 532 g/mol. The van der Waals surface area contributed by atoms with Gasteiger partial charge in [0.1, 0.15) is 0 Å². The molecule has 9 nitrogen and oxygen atoms in total. The minimum absolute atomic E-state index is 0. The number of imide groups is 3. The predicted octanol–water partition coefficient (Wildman–Crippen LogP) is 2.32. The molecule has 3 aliphatic heterocycles. The smallest absolute Gasteiger partial charge is 0.261 e. The second kappa shape index (κ2) is 11.5. The van der Waals surface area contributed by atoms with Crippen LogP contribution in [0.2, 0.25) is 0 Å². The Morgan fingerprint density at radius 1 is 0.474 bits per heavy atom.